The molecule has 0 bridgehead atoms. The smallest absolute Gasteiger partial charge is 0.314 e. The van der Waals surface area contributed by atoms with Crippen LogP contribution in [0.2, 0.25) is 0 Å². The Morgan fingerprint density at radius 3 is 2.44 bits per heavy atom. The molecule has 6 nitrogen and oxygen atoms in total. The zero-order chi connectivity index (χ0) is 18.4. The quantitative estimate of drug-likeness (QED) is 0.404. The van der Waals surface area contributed by atoms with Gasteiger partial charge in [0.1, 0.15) is 5.75 Å². The van der Waals surface area contributed by atoms with Crippen molar-refractivity contribution in [2.24, 2.45) is 0 Å². The number of methoxy groups -OCH3 is 1. The second-order valence-corrected chi connectivity index (χ2v) is 5.73. The van der Waals surface area contributed by atoms with Crippen LogP contribution in [0.5, 0.6) is 11.5 Å². The van der Waals surface area contributed by atoms with Crippen molar-refractivity contribution in [3.05, 3.63) is 63.7 Å². The summed E-state index contributed by atoms with van der Waals surface area (Å²) >= 11 is 0. The average Bonchev–Trinajstić information content (AvgIpc) is 2.65. The number of benzene rings is 2. The van der Waals surface area contributed by atoms with Gasteiger partial charge < -0.3 is 9.47 Å². The van der Waals surface area contributed by atoms with Gasteiger partial charge in [0.15, 0.2) is 18.1 Å². The summed E-state index contributed by atoms with van der Waals surface area (Å²) in [5.74, 6) is 0.588. The molecule has 0 N–H and O–H groups in total. The highest BCUT2D eigenvalue weighted by Crippen LogP contribution is 2.31. The van der Waals surface area contributed by atoms with Crippen LogP contribution in [0.25, 0.3) is 0 Å². The van der Waals surface area contributed by atoms with Crippen molar-refractivity contribution in [1.29, 1.82) is 0 Å². The van der Waals surface area contributed by atoms with E-state index in [1.165, 1.54) is 24.8 Å². The molecule has 0 heterocycles. The van der Waals surface area contributed by atoms with Gasteiger partial charge in [-0.3, -0.25) is 14.9 Å². The van der Waals surface area contributed by atoms with Gasteiger partial charge in [0.25, 0.3) is 0 Å². The second kappa shape index (κ2) is 8.28. The van der Waals surface area contributed by atoms with Crippen molar-refractivity contribution in [3.8, 4) is 11.5 Å². The third-order valence-electron chi connectivity index (χ3n) is 4.14. The SMILES string of the molecule is CC[C@@H](C)c1ccc(C(=O)COc2ccc(OC)cc2[N+](=O)[O-])cc1. The minimum Gasteiger partial charge on any atom is -0.496 e. The fraction of sp³-hybridized carbons (Fsp3) is 0.316. The fourth-order valence-corrected chi connectivity index (χ4v) is 2.35. The molecule has 2 aromatic carbocycles. The normalized spacial score (nSPS) is 11.6. The van der Waals surface area contributed by atoms with E-state index in [0.717, 1.165) is 6.42 Å². The molecule has 0 spiro atoms. The summed E-state index contributed by atoms with van der Waals surface area (Å²) in [4.78, 5) is 22.8. The highest BCUT2D eigenvalue weighted by molar-refractivity contribution is 5.97. The van der Waals surface area contributed by atoms with Gasteiger partial charge in [-0.05, 0) is 30.0 Å². The molecule has 0 amide bonds. The Bertz CT molecular complexity index is 755. The number of carbonyl (C=O) groups excluding carboxylic acids is 1. The number of ketones is 1. The van der Waals surface area contributed by atoms with Gasteiger partial charge in [0.05, 0.1) is 18.1 Å². The first-order valence-electron chi connectivity index (χ1n) is 8.04. The molecule has 0 aliphatic carbocycles. The van der Waals surface area contributed by atoms with E-state index in [4.69, 9.17) is 9.47 Å². The standard InChI is InChI=1S/C19H21NO5/c1-4-13(2)14-5-7-15(8-6-14)18(21)12-25-19-10-9-16(24-3)11-17(19)20(22)23/h5-11,13H,4,12H2,1-3H3/t13-/m1/s1. The first-order chi connectivity index (χ1) is 12.0. The summed E-state index contributed by atoms with van der Waals surface area (Å²) in [5, 5.41) is 11.1. The largest absolute Gasteiger partial charge is 0.496 e. The maximum atomic E-state index is 12.3. The van der Waals surface area contributed by atoms with Crippen LogP contribution in [0.4, 0.5) is 5.69 Å². The monoisotopic (exact) mass is 343 g/mol. The molecular formula is C19H21NO5. The predicted octanol–water partition coefficient (Wildman–Crippen LogP) is 4.38. The van der Waals surface area contributed by atoms with Crippen LogP contribution in [0.3, 0.4) is 0 Å². The molecule has 0 saturated heterocycles. The molecule has 0 fully saturated rings. The van der Waals surface area contributed by atoms with Crippen molar-refractivity contribution in [2.45, 2.75) is 26.2 Å². The van der Waals surface area contributed by atoms with Crippen molar-refractivity contribution in [1.82, 2.24) is 0 Å². The highest BCUT2D eigenvalue weighted by atomic mass is 16.6. The van der Waals surface area contributed by atoms with E-state index in [1.807, 2.05) is 12.1 Å². The van der Waals surface area contributed by atoms with Crippen molar-refractivity contribution in [2.75, 3.05) is 13.7 Å². The molecule has 0 saturated carbocycles. The number of rotatable bonds is 8. The van der Waals surface area contributed by atoms with Gasteiger partial charge in [-0.15, -0.1) is 0 Å². The summed E-state index contributed by atoms with van der Waals surface area (Å²) < 4.78 is 10.3. The van der Waals surface area contributed by atoms with Crippen LogP contribution in [0.1, 0.15) is 42.1 Å². The molecule has 0 aliphatic rings. The lowest BCUT2D eigenvalue weighted by atomic mass is 9.97. The molecular weight excluding hydrogens is 322 g/mol. The molecule has 2 rings (SSSR count). The van der Waals surface area contributed by atoms with Gasteiger partial charge in [-0.25, -0.2) is 0 Å². The topological polar surface area (TPSA) is 78.7 Å². The lowest BCUT2D eigenvalue weighted by molar-refractivity contribution is -0.385. The lowest BCUT2D eigenvalue weighted by Gasteiger charge is -2.10. The van der Waals surface area contributed by atoms with E-state index in [1.54, 1.807) is 18.2 Å². The van der Waals surface area contributed by atoms with E-state index in [9.17, 15) is 14.9 Å². The van der Waals surface area contributed by atoms with Crippen molar-refractivity contribution >= 4 is 11.5 Å². The van der Waals surface area contributed by atoms with Crippen molar-refractivity contribution < 1.29 is 19.2 Å². The number of Topliss-reactive ketones (excluding diaryl/α,β-unsaturated/α-hetero) is 1. The average molecular weight is 343 g/mol. The molecule has 0 aromatic heterocycles. The minimum atomic E-state index is -0.566. The van der Waals surface area contributed by atoms with Gasteiger partial charge in [0, 0.05) is 5.56 Å². The number of carbonyl (C=O) groups is 1. The summed E-state index contributed by atoms with van der Waals surface area (Å²) in [6.07, 6.45) is 1.03. The zero-order valence-electron chi connectivity index (χ0n) is 14.5. The number of hydrogen-bond donors (Lipinski definition) is 0. The molecule has 0 radical (unpaired) electrons. The minimum absolute atomic E-state index is 0.0374. The Morgan fingerprint density at radius 2 is 1.88 bits per heavy atom. The van der Waals surface area contributed by atoms with Crippen LogP contribution in [-0.2, 0) is 0 Å². The highest BCUT2D eigenvalue weighted by Gasteiger charge is 2.18. The van der Waals surface area contributed by atoms with Gasteiger partial charge in [0.2, 0.25) is 0 Å². The Morgan fingerprint density at radius 1 is 1.20 bits per heavy atom. The number of ether oxygens (including phenoxy) is 2. The van der Waals surface area contributed by atoms with E-state index >= 15 is 0 Å². The zero-order valence-corrected chi connectivity index (χ0v) is 14.5. The van der Waals surface area contributed by atoms with Crippen LogP contribution < -0.4 is 9.47 Å². The van der Waals surface area contributed by atoms with E-state index < -0.39 is 4.92 Å². The first-order valence-corrected chi connectivity index (χ1v) is 8.04. The summed E-state index contributed by atoms with van der Waals surface area (Å²) in [7, 11) is 1.42. The Hall–Kier alpha value is -2.89. The summed E-state index contributed by atoms with van der Waals surface area (Å²) in [5.41, 5.74) is 1.45. The first kappa shape index (κ1) is 18.4. The van der Waals surface area contributed by atoms with Crippen LogP contribution in [0.15, 0.2) is 42.5 Å². The Balaban J connectivity index is 2.08. The van der Waals surface area contributed by atoms with Crippen LogP contribution in [-0.4, -0.2) is 24.4 Å². The van der Waals surface area contributed by atoms with E-state index in [-0.39, 0.29) is 23.8 Å². The van der Waals surface area contributed by atoms with Crippen LogP contribution in [0, 0.1) is 10.1 Å². The summed E-state index contributed by atoms with van der Waals surface area (Å²) in [6, 6.07) is 11.6. The van der Waals surface area contributed by atoms with Gasteiger partial charge >= 0.3 is 5.69 Å². The molecule has 0 unspecified atom stereocenters. The fourth-order valence-electron chi connectivity index (χ4n) is 2.35. The molecule has 25 heavy (non-hydrogen) atoms. The lowest BCUT2D eigenvalue weighted by Crippen LogP contribution is -2.12. The predicted molar refractivity (Wildman–Crippen MR) is 94.6 cm³/mol. The number of nitrogens with zero attached hydrogens (tertiary/aromatic N) is 1. The molecule has 2 aromatic rings. The molecule has 0 aliphatic heterocycles. The number of nitro groups is 1. The molecule has 6 heteroatoms. The molecule has 1 atom stereocenters. The Kier molecular flexibility index (Phi) is 6.11. The van der Waals surface area contributed by atoms with E-state index in [0.29, 0.717) is 17.2 Å². The Labute approximate surface area is 146 Å². The second-order valence-electron chi connectivity index (χ2n) is 5.73. The third-order valence-corrected chi connectivity index (χ3v) is 4.14. The summed E-state index contributed by atoms with van der Waals surface area (Å²) in [6.45, 7) is 3.97. The maximum Gasteiger partial charge on any atom is 0.314 e. The van der Waals surface area contributed by atoms with Gasteiger partial charge in [-0.1, -0.05) is 38.1 Å². The maximum absolute atomic E-state index is 12.3. The third kappa shape index (κ3) is 4.56. The van der Waals surface area contributed by atoms with Crippen LogP contribution >= 0.6 is 0 Å². The van der Waals surface area contributed by atoms with Gasteiger partial charge in [-0.2, -0.15) is 0 Å². The molecule has 132 valence electrons. The van der Waals surface area contributed by atoms with Crippen molar-refractivity contribution in [3.63, 3.8) is 0 Å². The number of hydrogen-bond acceptors (Lipinski definition) is 5. The van der Waals surface area contributed by atoms with E-state index in [2.05, 4.69) is 13.8 Å². The number of nitro benzene ring substituents is 1.